The van der Waals surface area contributed by atoms with Gasteiger partial charge < -0.3 is 10.0 Å². The molecule has 0 bridgehead atoms. The summed E-state index contributed by atoms with van der Waals surface area (Å²) in [5.41, 5.74) is 0.927. The molecule has 1 aliphatic heterocycles. The molecule has 19 heavy (non-hydrogen) atoms. The number of rotatable bonds is 3. The van der Waals surface area contributed by atoms with E-state index in [0.29, 0.717) is 6.54 Å². The van der Waals surface area contributed by atoms with Crippen LogP contribution in [-0.4, -0.2) is 35.6 Å². The Morgan fingerprint density at radius 2 is 2.32 bits per heavy atom. The van der Waals surface area contributed by atoms with Crippen LogP contribution in [0.1, 0.15) is 24.3 Å². The van der Waals surface area contributed by atoms with Crippen molar-refractivity contribution in [1.82, 2.24) is 4.90 Å². The first-order chi connectivity index (χ1) is 9.19. The zero-order chi connectivity index (χ0) is 13.4. The highest BCUT2D eigenvalue weighted by molar-refractivity contribution is 5.83. The standard InChI is InChI=1S/C15H18FNO2/c16-12-3-1-2-11(6-12)13-7-14(13)15(19)17-5-4-10(8-17)9-18/h1-3,6,10,13-14,18H,4-5,7-9H2. The summed E-state index contributed by atoms with van der Waals surface area (Å²) < 4.78 is 13.2. The van der Waals surface area contributed by atoms with Crippen molar-refractivity contribution in [3.63, 3.8) is 0 Å². The molecule has 0 spiro atoms. The lowest BCUT2D eigenvalue weighted by molar-refractivity contribution is -0.131. The van der Waals surface area contributed by atoms with Crippen molar-refractivity contribution in [2.75, 3.05) is 19.7 Å². The van der Waals surface area contributed by atoms with Crippen molar-refractivity contribution >= 4 is 5.91 Å². The molecule has 4 heteroatoms. The number of nitrogens with zero attached hydrogens (tertiary/aromatic N) is 1. The first-order valence-corrected chi connectivity index (χ1v) is 6.84. The fraction of sp³-hybridized carbons (Fsp3) is 0.533. The second-order valence-corrected chi connectivity index (χ2v) is 5.63. The van der Waals surface area contributed by atoms with Gasteiger partial charge in [-0.2, -0.15) is 0 Å². The van der Waals surface area contributed by atoms with Crippen LogP contribution < -0.4 is 0 Å². The zero-order valence-electron chi connectivity index (χ0n) is 10.8. The van der Waals surface area contributed by atoms with Gasteiger partial charge in [0.15, 0.2) is 0 Å². The van der Waals surface area contributed by atoms with Crippen LogP contribution in [0.3, 0.4) is 0 Å². The second kappa shape index (κ2) is 4.93. The number of hydrogen-bond acceptors (Lipinski definition) is 2. The minimum atomic E-state index is -0.239. The highest BCUT2D eigenvalue weighted by Gasteiger charge is 2.46. The fourth-order valence-corrected chi connectivity index (χ4v) is 2.99. The molecule has 1 aromatic carbocycles. The van der Waals surface area contributed by atoms with Crippen LogP contribution in [0.2, 0.25) is 0 Å². The smallest absolute Gasteiger partial charge is 0.226 e. The van der Waals surface area contributed by atoms with E-state index < -0.39 is 0 Å². The van der Waals surface area contributed by atoms with Crippen LogP contribution in [0, 0.1) is 17.7 Å². The van der Waals surface area contributed by atoms with Crippen molar-refractivity contribution in [2.24, 2.45) is 11.8 Å². The molecule has 1 saturated carbocycles. The summed E-state index contributed by atoms with van der Waals surface area (Å²) in [5.74, 6) is 0.355. The molecule has 3 rings (SSSR count). The van der Waals surface area contributed by atoms with E-state index >= 15 is 0 Å². The Kier molecular flexibility index (Phi) is 3.27. The van der Waals surface area contributed by atoms with Crippen molar-refractivity contribution in [3.05, 3.63) is 35.6 Å². The number of carbonyl (C=O) groups excluding carboxylic acids is 1. The van der Waals surface area contributed by atoms with Gasteiger partial charge in [0.25, 0.3) is 0 Å². The molecule has 2 fully saturated rings. The van der Waals surface area contributed by atoms with Crippen LogP contribution in [-0.2, 0) is 4.79 Å². The summed E-state index contributed by atoms with van der Waals surface area (Å²) >= 11 is 0. The Morgan fingerprint density at radius 3 is 3.00 bits per heavy atom. The van der Waals surface area contributed by atoms with Gasteiger partial charge in [0.05, 0.1) is 0 Å². The van der Waals surface area contributed by atoms with Gasteiger partial charge >= 0.3 is 0 Å². The van der Waals surface area contributed by atoms with E-state index in [1.165, 1.54) is 12.1 Å². The minimum Gasteiger partial charge on any atom is -0.396 e. The Labute approximate surface area is 112 Å². The number of likely N-dealkylation sites (tertiary alicyclic amines) is 1. The average Bonchev–Trinajstić information content (AvgIpc) is 3.07. The van der Waals surface area contributed by atoms with Crippen molar-refractivity contribution in [2.45, 2.75) is 18.8 Å². The molecule has 0 radical (unpaired) electrons. The van der Waals surface area contributed by atoms with Crippen LogP contribution in [0.5, 0.6) is 0 Å². The van der Waals surface area contributed by atoms with Gasteiger partial charge in [0.1, 0.15) is 5.82 Å². The van der Waals surface area contributed by atoms with Gasteiger partial charge in [-0.25, -0.2) is 4.39 Å². The van der Waals surface area contributed by atoms with Crippen molar-refractivity contribution in [1.29, 1.82) is 0 Å². The first-order valence-electron chi connectivity index (χ1n) is 6.84. The molecule has 1 amide bonds. The van der Waals surface area contributed by atoms with Gasteiger partial charge in [0, 0.05) is 31.5 Å². The average molecular weight is 263 g/mol. The van der Waals surface area contributed by atoms with Crippen LogP contribution in [0.15, 0.2) is 24.3 Å². The van der Waals surface area contributed by atoms with E-state index in [1.807, 2.05) is 11.0 Å². The predicted molar refractivity (Wildman–Crippen MR) is 69.0 cm³/mol. The molecule has 1 heterocycles. The summed E-state index contributed by atoms with van der Waals surface area (Å²) in [7, 11) is 0. The third-order valence-corrected chi connectivity index (χ3v) is 4.24. The molecule has 3 unspecified atom stereocenters. The molecule has 3 atom stereocenters. The number of aliphatic hydroxyl groups excluding tert-OH is 1. The molecule has 2 aliphatic rings. The summed E-state index contributed by atoms with van der Waals surface area (Å²) in [4.78, 5) is 14.1. The molecular weight excluding hydrogens is 245 g/mol. The maximum absolute atomic E-state index is 13.2. The van der Waals surface area contributed by atoms with E-state index in [2.05, 4.69) is 0 Å². The zero-order valence-corrected chi connectivity index (χ0v) is 10.8. The molecule has 0 aromatic heterocycles. The lowest BCUT2D eigenvalue weighted by atomic mass is 10.1. The monoisotopic (exact) mass is 263 g/mol. The molecule has 1 N–H and O–H groups in total. The summed E-state index contributed by atoms with van der Waals surface area (Å²) in [6.45, 7) is 1.57. The Bertz CT molecular complexity index is 491. The number of hydrogen-bond donors (Lipinski definition) is 1. The fourth-order valence-electron chi connectivity index (χ4n) is 2.99. The lowest BCUT2D eigenvalue weighted by Crippen LogP contribution is -2.30. The van der Waals surface area contributed by atoms with E-state index in [0.717, 1.165) is 24.9 Å². The molecule has 1 aliphatic carbocycles. The van der Waals surface area contributed by atoms with Gasteiger partial charge in [-0.3, -0.25) is 4.79 Å². The minimum absolute atomic E-state index is 0.0132. The maximum atomic E-state index is 13.2. The largest absolute Gasteiger partial charge is 0.396 e. The van der Waals surface area contributed by atoms with Gasteiger partial charge in [-0.15, -0.1) is 0 Å². The van der Waals surface area contributed by atoms with E-state index in [9.17, 15) is 9.18 Å². The lowest BCUT2D eigenvalue weighted by Gasteiger charge is -2.16. The van der Waals surface area contributed by atoms with E-state index in [-0.39, 0.29) is 36.1 Å². The normalized spacial score (nSPS) is 29.6. The van der Waals surface area contributed by atoms with Crippen LogP contribution in [0.25, 0.3) is 0 Å². The topological polar surface area (TPSA) is 40.5 Å². The van der Waals surface area contributed by atoms with Crippen LogP contribution in [0.4, 0.5) is 4.39 Å². The van der Waals surface area contributed by atoms with Crippen molar-refractivity contribution in [3.8, 4) is 0 Å². The Hall–Kier alpha value is -1.42. The summed E-state index contributed by atoms with van der Waals surface area (Å²) in [6.07, 6.45) is 1.71. The summed E-state index contributed by atoms with van der Waals surface area (Å²) in [5, 5.41) is 9.10. The molecule has 1 saturated heterocycles. The number of halogens is 1. The predicted octanol–water partition coefficient (Wildman–Crippen LogP) is 1.77. The summed E-state index contributed by atoms with van der Waals surface area (Å²) in [6, 6.07) is 6.54. The van der Waals surface area contributed by atoms with E-state index in [1.54, 1.807) is 6.07 Å². The van der Waals surface area contributed by atoms with Gasteiger partial charge in [0.2, 0.25) is 5.91 Å². The SMILES string of the molecule is O=C(C1CC1c1cccc(F)c1)N1CCC(CO)C1. The quantitative estimate of drug-likeness (QED) is 0.903. The number of carbonyl (C=O) groups is 1. The highest BCUT2D eigenvalue weighted by atomic mass is 19.1. The first kappa shape index (κ1) is 12.6. The Morgan fingerprint density at radius 1 is 1.47 bits per heavy atom. The van der Waals surface area contributed by atoms with Gasteiger partial charge in [-0.1, -0.05) is 12.1 Å². The number of amides is 1. The number of benzene rings is 1. The van der Waals surface area contributed by atoms with Crippen LogP contribution >= 0.6 is 0 Å². The third-order valence-electron chi connectivity index (χ3n) is 4.24. The second-order valence-electron chi connectivity index (χ2n) is 5.63. The molecular formula is C15H18FNO2. The highest BCUT2D eigenvalue weighted by Crippen LogP contribution is 2.48. The van der Waals surface area contributed by atoms with E-state index in [4.69, 9.17) is 5.11 Å². The third kappa shape index (κ3) is 2.50. The maximum Gasteiger partial charge on any atom is 0.226 e. The Balaban J connectivity index is 1.62. The van der Waals surface area contributed by atoms with Gasteiger partial charge in [-0.05, 0) is 36.5 Å². The number of aliphatic hydroxyl groups is 1. The molecule has 1 aromatic rings. The van der Waals surface area contributed by atoms with Crippen molar-refractivity contribution < 1.29 is 14.3 Å². The molecule has 102 valence electrons. The molecule has 3 nitrogen and oxygen atoms in total.